The van der Waals surface area contributed by atoms with Crippen LogP contribution in [0.4, 0.5) is 0 Å². The van der Waals surface area contributed by atoms with Crippen molar-refractivity contribution in [1.82, 2.24) is 0 Å². The zero-order chi connectivity index (χ0) is 25.7. The summed E-state index contributed by atoms with van der Waals surface area (Å²) in [7, 11) is 0. The molecule has 0 unspecified atom stereocenters. The molecule has 0 aromatic heterocycles. The molecule has 0 atom stereocenters. The molecule has 0 radical (unpaired) electrons. The highest BCUT2D eigenvalue weighted by Crippen LogP contribution is 2.36. The molecule has 4 nitrogen and oxygen atoms in total. The van der Waals surface area contributed by atoms with E-state index >= 15 is 0 Å². The first-order valence-corrected chi connectivity index (χ1v) is 12.1. The van der Waals surface area contributed by atoms with E-state index in [0.717, 1.165) is 28.7 Å². The molecule has 0 aliphatic heterocycles. The highest BCUT2D eigenvalue weighted by molar-refractivity contribution is 5.91. The van der Waals surface area contributed by atoms with Crippen molar-refractivity contribution in [2.75, 3.05) is 0 Å². The van der Waals surface area contributed by atoms with Crippen molar-refractivity contribution < 1.29 is 19.1 Å². The lowest BCUT2D eigenvalue weighted by molar-refractivity contribution is 0.0725. The summed E-state index contributed by atoms with van der Waals surface area (Å²) >= 11 is 0. The van der Waals surface area contributed by atoms with Crippen LogP contribution in [0.1, 0.15) is 63.2 Å². The van der Waals surface area contributed by atoms with Gasteiger partial charge in [-0.15, -0.1) is 0 Å². The second kappa shape index (κ2) is 10.6. The van der Waals surface area contributed by atoms with Crippen LogP contribution in [0.25, 0.3) is 0 Å². The number of hydrogen-bond acceptors (Lipinski definition) is 4. The molecule has 0 aliphatic carbocycles. The maximum absolute atomic E-state index is 12.5. The zero-order valence-electron chi connectivity index (χ0n) is 21.1. The number of ether oxygens (including phenoxy) is 2. The van der Waals surface area contributed by atoms with Gasteiger partial charge in [-0.05, 0) is 79.9 Å². The second-order valence-corrected chi connectivity index (χ2v) is 9.25. The first-order valence-electron chi connectivity index (χ1n) is 12.1. The molecule has 0 N–H and O–H groups in total. The fourth-order valence-electron chi connectivity index (χ4n) is 4.23. The van der Waals surface area contributed by atoms with Crippen molar-refractivity contribution in [3.8, 4) is 11.5 Å². The number of esters is 2. The van der Waals surface area contributed by atoms with Gasteiger partial charge >= 0.3 is 11.9 Å². The van der Waals surface area contributed by atoms with Crippen molar-refractivity contribution >= 4 is 11.9 Å². The summed E-state index contributed by atoms with van der Waals surface area (Å²) in [6.07, 6.45) is 0.859. The summed E-state index contributed by atoms with van der Waals surface area (Å²) in [5, 5.41) is 0. The zero-order valence-corrected chi connectivity index (χ0v) is 21.1. The largest absolute Gasteiger partial charge is 0.423 e. The van der Waals surface area contributed by atoms with Crippen molar-refractivity contribution in [3.05, 3.63) is 130 Å². The molecule has 0 saturated carbocycles. The topological polar surface area (TPSA) is 52.6 Å². The van der Waals surface area contributed by atoms with Crippen molar-refractivity contribution in [2.24, 2.45) is 0 Å². The number of hydrogen-bond donors (Lipinski definition) is 0. The van der Waals surface area contributed by atoms with E-state index in [1.807, 2.05) is 98.8 Å². The smallest absolute Gasteiger partial charge is 0.343 e. The fourth-order valence-corrected chi connectivity index (χ4v) is 4.23. The number of carbonyl (C=O) groups excluding carboxylic acids is 2. The summed E-state index contributed by atoms with van der Waals surface area (Å²) < 4.78 is 11.1. The normalized spacial score (nSPS) is 11.1. The second-order valence-electron chi connectivity index (χ2n) is 9.25. The van der Waals surface area contributed by atoms with Crippen molar-refractivity contribution in [3.63, 3.8) is 0 Å². The molecule has 4 heteroatoms. The molecule has 4 aromatic rings. The Kier molecular flexibility index (Phi) is 7.35. The summed E-state index contributed by atoms with van der Waals surface area (Å²) in [4.78, 5) is 25.0. The lowest BCUT2D eigenvalue weighted by Gasteiger charge is -2.30. The first-order chi connectivity index (χ1) is 17.3. The van der Waals surface area contributed by atoms with Crippen LogP contribution in [-0.4, -0.2) is 11.9 Å². The standard InChI is InChI=1S/C32H30O4/c1-5-32(4,26-12-16-28(17-13-26)35-30(33)24-10-6-8-22(2)20-24)27-14-18-29(19-15-27)36-31(34)25-11-7-9-23(3)21-25/h6-21H,5H2,1-4H3. The molecule has 0 bridgehead atoms. The van der Waals surface area contributed by atoms with E-state index in [-0.39, 0.29) is 17.4 Å². The molecular weight excluding hydrogens is 448 g/mol. The number of aryl methyl sites for hydroxylation is 2. The lowest BCUT2D eigenvalue weighted by atomic mass is 9.74. The number of benzene rings is 4. The van der Waals surface area contributed by atoms with E-state index in [1.165, 1.54) is 0 Å². The predicted octanol–water partition coefficient (Wildman–Crippen LogP) is 7.46. The van der Waals surface area contributed by atoms with Gasteiger partial charge in [0.05, 0.1) is 11.1 Å². The van der Waals surface area contributed by atoms with E-state index in [0.29, 0.717) is 22.6 Å². The number of carbonyl (C=O) groups is 2. The maximum atomic E-state index is 12.5. The van der Waals surface area contributed by atoms with E-state index in [1.54, 1.807) is 12.1 Å². The van der Waals surface area contributed by atoms with Crippen LogP contribution >= 0.6 is 0 Å². The molecule has 0 spiro atoms. The highest BCUT2D eigenvalue weighted by atomic mass is 16.5. The summed E-state index contributed by atoms with van der Waals surface area (Å²) in [5.41, 5.74) is 5.01. The molecule has 4 rings (SSSR count). The minimum absolute atomic E-state index is 0.266. The average molecular weight is 479 g/mol. The molecule has 4 aromatic carbocycles. The highest BCUT2D eigenvalue weighted by Gasteiger charge is 2.27. The Hall–Kier alpha value is -4.18. The van der Waals surface area contributed by atoms with E-state index in [9.17, 15) is 9.59 Å². The minimum Gasteiger partial charge on any atom is -0.423 e. The van der Waals surface area contributed by atoms with Crippen LogP contribution in [-0.2, 0) is 5.41 Å². The fraction of sp³-hybridized carbons (Fsp3) is 0.188. The number of rotatable bonds is 7. The van der Waals surface area contributed by atoms with Crippen LogP contribution in [0.15, 0.2) is 97.1 Å². The molecule has 0 heterocycles. The Labute approximate surface area is 212 Å². The van der Waals surface area contributed by atoms with Crippen LogP contribution in [0.2, 0.25) is 0 Å². The molecule has 182 valence electrons. The quantitative estimate of drug-likeness (QED) is 0.204. The monoisotopic (exact) mass is 478 g/mol. The Balaban J connectivity index is 1.47. The van der Waals surface area contributed by atoms with Gasteiger partial charge in [-0.2, -0.15) is 0 Å². The van der Waals surface area contributed by atoms with Crippen molar-refractivity contribution in [1.29, 1.82) is 0 Å². The van der Waals surface area contributed by atoms with Gasteiger partial charge in [0.25, 0.3) is 0 Å². The van der Waals surface area contributed by atoms with E-state index in [2.05, 4.69) is 13.8 Å². The van der Waals surface area contributed by atoms with E-state index < -0.39 is 0 Å². The third-order valence-electron chi connectivity index (χ3n) is 6.62. The Morgan fingerprint density at radius 3 is 1.36 bits per heavy atom. The third kappa shape index (κ3) is 5.55. The molecule has 36 heavy (non-hydrogen) atoms. The summed E-state index contributed by atoms with van der Waals surface area (Å²) in [6.45, 7) is 8.20. The summed E-state index contributed by atoms with van der Waals surface area (Å²) in [6, 6.07) is 30.0. The molecular formula is C32H30O4. The Morgan fingerprint density at radius 2 is 1.03 bits per heavy atom. The minimum atomic E-state index is -0.375. The van der Waals surface area contributed by atoms with Crippen LogP contribution < -0.4 is 9.47 Å². The third-order valence-corrected chi connectivity index (χ3v) is 6.62. The molecule has 0 aliphatic rings. The average Bonchev–Trinajstić information content (AvgIpc) is 2.89. The predicted molar refractivity (Wildman–Crippen MR) is 142 cm³/mol. The molecule has 0 fully saturated rings. The van der Waals surface area contributed by atoms with Gasteiger partial charge in [-0.3, -0.25) is 0 Å². The maximum Gasteiger partial charge on any atom is 0.343 e. The molecule has 0 saturated heterocycles. The van der Waals surface area contributed by atoms with Gasteiger partial charge in [0.15, 0.2) is 0 Å². The van der Waals surface area contributed by atoms with Crippen LogP contribution in [0.5, 0.6) is 11.5 Å². The summed E-state index contributed by atoms with van der Waals surface area (Å²) in [5.74, 6) is 0.255. The van der Waals surface area contributed by atoms with Crippen LogP contribution in [0, 0.1) is 13.8 Å². The SMILES string of the molecule is CCC(C)(c1ccc(OC(=O)c2cccc(C)c2)cc1)c1ccc(OC(=O)c2cccc(C)c2)cc1. The van der Waals surface area contributed by atoms with E-state index in [4.69, 9.17) is 9.47 Å². The Bertz CT molecular complexity index is 1270. The Morgan fingerprint density at radius 1 is 0.639 bits per heavy atom. The van der Waals surface area contributed by atoms with Crippen LogP contribution in [0.3, 0.4) is 0 Å². The first kappa shape index (κ1) is 24.9. The van der Waals surface area contributed by atoms with Gasteiger partial charge < -0.3 is 9.47 Å². The van der Waals surface area contributed by atoms with Gasteiger partial charge in [0.2, 0.25) is 0 Å². The van der Waals surface area contributed by atoms with Crippen molar-refractivity contribution in [2.45, 2.75) is 39.5 Å². The van der Waals surface area contributed by atoms with Gasteiger partial charge in [0, 0.05) is 5.41 Å². The van der Waals surface area contributed by atoms with Gasteiger partial charge in [-0.25, -0.2) is 9.59 Å². The van der Waals surface area contributed by atoms with Gasteiger partial charge in [-0.1, -0.05) is 73.5 Å². The lowest BCUT2D eigenvalue weighted by Crippen LogP contribution is -2.22. The molecule has 0 amide bonds. The van der Waals surface area contributed by atoms with Gasteiger partial charge in [0.1, 0.15) is 11.5 Å².